The Kier molecular flexibility index (Phi) is 5.35. The quantitative estimate of drug-likeness (QED) is 0.678. The van der Waals surface area contributed by atoms with E-state index < -0.39 is 30.2 Å². The van der Waals surface area contributed by atoms with Crippen LogP contribution in [0.15, 0.2) is 11.6 Å². The van der Waals surface area contributed by atoms with Crippen molar-refractivity contribution in [1.82, 2.24) is 0 Å². The summed E-state index contributed by atoms with van der Waals surface area (Å²) in [6, 6.07) is 0. The Morgan fingerprint density at radius 2 is 1.92 bits per heavy atom. The molecule has 1 aliphatic heterocycles. The van der Waals surface area contributed by atoms with E-state index in [1.807, 2.05) is 0 Å². The van der Waals surface area contributed by atoms with Crippen molar-refractivity contribution in [1.29, 1.82) is 0 Å². The molecule has 3 N–H and O–H groups in total. The van der Waals surface area contributed by atoms with Gasteiger partial charge in [0.1, 0.15) is 18.3 Å². The minimum atomic E-state index is -1.23. The molecular formula is C20H34O5. The van der Waals surface area contributed by atoms with Crippen molar-refractivity contribution in [2.45, 2.75) is 90.0 Å². The highest BCUT2D eigenvalue weighted by atomic mass is 16.7. The molecule has 1 saturated heterocycles. The van der Waals surface area contributed by atoms with E-state index in [0.717, 1.165) is 12.8 Å². The highest BCUT2D eigenvalue weighted by Crippen LogP contribution is 2.54. The molecule has 0 aromatic rings. The summed E-state index contributed by atoms with van der Waals surface area (Å²) in [5.74, 6) is 0.958. The number of fused-ring (bicyclic) bond motifs is 1. The summed E-state index contributed by atoms with van der Waals surface area (Å²) in [4.78, 5) is 0. The van der Waals surface area contributed by atoms with Gasteiger partial charge in [-0.25, -0.2) is 0 Å². The molecule has 3 aliphatic rings. The van der Waals surface area contributed by atoms with Crippen LogP contribution < -0.4 is 0 Å². The average Bonchev–Trinajstić information content (AvgIpc) is 2.55. The number of aliphatic hydroxyl groups excluding tert-OH is 3. The summed E-state index contributed by atoms with van der Waals surface area (Å²) in [5.41, 5.74) is 1.43. The molecule has 5 nitrogen and oxygen atoms in total. The maximum atomic E-state index is 10.2. The van der Waals surface area contributed by atoms with E-state index in [2.05, 4.69) is 33.8 Å². The van der Waals surface area contributed by atoms with Gasteiger partial charge in [0.05, 0.1) is 12.2 Å². The first-order valence-electron chi connectivity index (χ1n) is 9.64. The lowest BCUT2D eigenvalue weighted by Crippen LogP contribution is -2.56. The average molecular weight is 354 g/mol. The molecule has 0 spiro atoms. The molecule has 25 heavy (non-hydrogen) atoms. The molecule has 0 radical (unpaired) electrons. The third kappa shape index (κ3) is 3.67. The van der Waals surface area contributed by atoms with Crippen LogP contribution >= 0.6 is 0 Å². The van der Waals surface area contributed by atoms with Crippen molar-refractivity contribution in [3.8, 4) is 0 Å². The predicted octanol–water partition coefficient (Wildman–Crippen LogP) is 2.38. The van der Waals surface area contributed by atoms with E-state index in [-0.39, 0.29) is 6.61 Å². The number of ether oxygens (including phenoxy) is 2. The summed E-state index contributed by atoms with van der Waals surface area (Å²) < 4.78 is 11.6. The van der Waals surface area contributed by atoms with Crippen LogP contribution in [0.2, 0.25) is 0 Å². The van der Waals surface area contributed by atoms with Crippen molar-refractivity contribution >= 4 is 0 Å². The lowest BCUT2D eigenvalue weighted by Gasteiger charge is -2.51. The van der Waals surface area contributed by atoms with E-state index in [0.29, 0.717) is 17.3 Å². The Morgan fingerprint density at radius 1 is 1.20 bits per heavy atom. The van der Waals surface area contributed by atoms with Gasteiger partial charge < -0.3 is 24.8 Å². The van der Waals surface area contributed by atoms with Gasteiger partial charge in [0, 0.05) is 0 Å². The minimum Gasteiger partial charge on any atom is -0.388 e. The van der Waals surface area contributed by atoms with Crippen LogP contribution in [-0.4, -0.2) is 52.1 Å². The van der Waals surface area contributed by atoms with Gasteiger partial charge in [0.2, 0.25) is 0 Å². The van der Waals surface area contributed by atoms with Gasteiger partial charge in [-0.05, 0) is 70.1 Å². The van der Waals surface area contributed by atoms with Gasteiger partial charge in [-0.15, -0.1) is 0 Å². The zero-order chi connectivity index (χ0) is 18.4. The second kappa shape index (κ2) is 6.93. The molecule has 7 atom stereocenters. The molecular weight excluding hydrogens is 320 g/mol. The predicted molar refractivity (Wildman–Crippen MR) is 94.9 cm³/mol. The maximum Gasteiger partial charge on any atom is 0.186 e. The van der Waals surface area contributed by atoms with Crippen LogP contribution in [0.5, 0.6) is 0 Å². The van der Waals surface area contributed by atoms with E-state index in [1.54, 1.807) is 0 Å². The highest BCUT2D eigenvalue weighted by Gasteiger charge is 2.48. The third-order valence-corrected chi connectivity index (χ3v) is 7.01. The first kappa shape index (κ1) is 19.3. The van der Waals surface area contributed by atoms with Crippen molar-refractivity contribution in [3.05, 3.63) is 11.6 Å². The molecule has 0 aromatic heterocycles. The molecule has 7 unspecified atom stereocenters. The number of hydrogen-bond donors (Lipinski definition) is 3. The van der Waals surface area contributed by atoms with Crippen LogP contribution in [0.3, 0.4) is 0 Å². The van der Waals surface area contributed by atoms with Crippen LogP contribution in [0.25, 0.3) is 0 Å². The fourth-order valence-electron chi connectivity index (χ4n) is 5.08. The van der Waals surface area contributed by atoms with Gasteiger partial charge in [-0.1, -0.05) is 18.6 Å². The summed E-state index contributed by atoms with van der Waals surface area (Å²) in [7, 11) is 0. The highest BCUT2D eigenvalue weighted by molar-refractivity contribution is 5.15. The van der Waals surface area contributed by atoms with Crippen LogP contribution in [0.1, 0.15) is 59.8 Å². The molecule has 0 aromatic carbocycles. The molecule has 144 valence electrons. The molecule has 0 amide bonds. The zero-order valence-electron chi connectivity index (χ0n) is 15.9. The molecule has 5 heteroatoms. The van der Waals surface area contributed by atoms with Gasteiger partial charge in [-0.2, -0.15) is 0 Å². The van der Waals surface area contributed by atoms with E-state index >= 15 is 0 Å². The van der Waals surface area contributed by atoms with Crippen LogP contribution in [0, 0.1) is 17.3 Å². The van der Waals surface area contributed by atoms with Gasteiger partial charge in [-0.3, -0.25) is 0 Å². The van der Waals surface area contributed by atoms with E-state index in [4.69, 9.17) is 9.47 Å². The first-order chi connectivity index (χ1) is 11.6. The Morgan fingerprint density at radius 3 is 2.64 bits per heavy atom. The Balaban J connectivity index is 1.68. The third-order valence-electron chi connectivity index (χ3n) is 7.01. The number of allylic oxidation sites excluding steroid dienone is 2. The van der Waals surface area contributed by atoms with Crippen molar-refractivity contribution in [2.24, 2.45) is 17.3 Å². The Labute approximate surface area is 151 Å². The molecule has 1 heterocycles. The largest absolute Gasteiger partial charge is 0.388 e. The number of rotatable bonds is 3. The van der Waals surface area contributed by atoms with Crippen LogP contribution in [0.4, 0.5) is 0 Å². The lowest BCUT2D eigenvalue weighted by atomic mass is 9.56. The van der Waals surface area contributed by atoms with Crippen molar-refractivity contribution in [3.63, 3.8) is 0 Å². The van der Waals surface area contributed by atoms with Gasteiger partial charge >= 0.3 is 0 Å². The number of hydrogen-bond acceptors (Lipinski definition) is 5. The minimum absolute atomic E-state index is 0.0216. The normalized spacial score (nSPS) is 45.6. The zero-order valence-corrected chi connectivity index (χ0v) is 15.9. The fourth-order valence-corrected chi connectivity index (χ4v) is 5.08. The van der Waals surface area contributed by atoms with Gasteiger partial charge in [0.25, 0.3) is 0 Å². The van der Waals surface area contributed by atoms with Crippen molar-refractivity contribution < 1.29 is 24.8 Å². The Hall–Kier alpha value is -0.460. The first-order valence-corrected chi connectivity index (χ1v) is 9.64. The molecule has 2 aliphatic carbocycles. The van der Waals surface area contributed by atoms with E-state index in [9.17, 15) is 15.3 Å². The SMILES string of the molecule is CC1=CCCC2(C)CCC(C(C)(C)OC3OCC(O)C(O)C3O)CC12. The van der Waals surface area contributed by atoms with E-state index in [1.165, 1.54) is 24.8 Å². The fraction of sp³-hybridized carbons (Fsp3) is 0.900. The van der Waals surface area contributed by atoms with Crippen molar-refractivity contribution in [2.75, 3.05) is 6.61 Å². The number of aliphatic hydroxyl groups is 3. The molecule has 0 bridgehead atoms. The second-order valence-electron chi connectivity index (χ2n) is 9.14. The van der Waals surface area contributed by atoms with Gasteiger partial charge in [0.15, 0.2) is 6.29 Å². The molecule has 2 fully saturated rings. The molecule has 1 saturated carbocycles. The topological polar surface area (TPSA) is 79.2 Å². The smallest absolute Gasteiger partial charge is 0.186 e. The standard InChI is InChI=1S/C20H34O5/c1-12-6-5-8-20(4)9-7-13(10-14(12)20)19(2,3)25-18-17(23)16(22)15(21)11-24-18/h6,13-18,21-23H,5,7-11H2,1-4H3. The second-order valence-corrected chi connectivity index (χ2v) is 9.14. The Bertz CT molecular complexity index is 516. The summed E-state index contributed by atoms with van der Waals surface area (Å²) >= 11 is 0. The summed E-state index contributed by atoms with van der Waals surface area (Å²) in [6.07, 6.45) is 3.78. The summed E-state index contributed by atoms with van der Waals surface area (Å²) in [5, 5.41) is 29.7. The molecule has 3 rings (SSSR count). The lowest BCUT2D eigenvalue weighted by molar-refractivity contribution is -0.305. The summed E-state index contributed by atoms with van der Waals surface area (Å²) in [6.45, 7) is 8.76. The maximum absolute atomic E-state index is 10.2. The monoisotopic (exact) mass is 354 g/mol. The van der Waals surface area contributed by atoms with Crippen LogP contribution in [-0.2, 0) is 9.47 Å².